The number of nitrogens with zero attached hydrogens (tertiary/aromatic N) is 2. The number of benzene rings is 3. The highest BCUT2D eigenvalue weighted by atomic mass is 16.5. The zero-order valence-corrected chi connectivity index (χ0v) is 20.2. The molecule has 3 N–H and O–H groups in total. The second-order valence-electron chi connectivity index (χ2n) is 10.2. The molecule has 1 fully saturated rings. The number of aliphatic hydroxyl groups is 1. The molecule has 0 bridgehead atoms. The number of fused-ring (bicyclic) bond motifs is 1. The van der Waals surface area contributed by atoms with Gasteiger partial charge in [0, 0.05) is 55.3 Å². The largest absolute Gasteiger partial charge is 0.388 e. The van der Waals surface area contributed by atoms with Crippen LogP contribution >= 0.6 is 0 Å². The molecule has 1 saturated heterocycles. The first kappa shape index (κ1) is 22.5. The summed E-state index contributed by atoms with van der Waals surface area (Å²) in [6.45, 7) is 6.94. The van der Waals surface area contributed by atoms with Crippen LogP contribution in [0.2, 0.25) is 0 Å². The lowest BCUT2D eigenvalue weighted by Gasteiger charge is -2.42. The van der Waals surface area contributed by atoms with Gasteiger partial charge in [-0.15, -0.1) is 0 Å². The second-order valence-corrected chi connectivity index (χ2v) is 10.2. The van der Waals surface area contributed by atoms with Crippen LogP contribution in [0.1, 0.15) is 58.2 Å². The van der Waals surface area contributed by atoms with E-state index in [2.05, 4.69) is 47.1 Å². The number of rotatable bonds is 5. The monoisotopic (exact) mass is 471 g/mol. The van der Waals surface area contributed by atoms with Crippen molar-refractivity contribution in [2.24, 2.45) is 5.73 Å². The van der Waals surface area contributed by atoms with E-state index < -0.39 is 0 Å². The Morgan fingerprint density at radius 1 is 1.11 bits per heavy atom. The molecule has 0 spiro atoms. The molecule has 6 nitrogen and oxygen atoms in total. The van der Waals surface area contributed by atoms with Gasteiger partial charge >= 0.3 is 0 Å². The van der Waals surface area contributed by atoms with Crippen molar-refractivity contribution < 1.29 is 14.6 Å². The summed E-state index contributed by atoms with van der Waals surface area (Å²) in [6, 6.07) is 17.0. The van der Waals surface area contributed by atoms with E-state index in [9.17, 15) is 9.90 Å². The van der Waals surface area contributed by atoms with Crippen LogP contribution in [-0.4, -0.2) is 54.7 Å². The Hall–Kier alpha value is -2.93. The molecule has 3 aromatic carbocycles. The van der Waals surface area contributed by atoms with Gasteiger partial charge in [-0.25, -0.2) is 0 Å². The molecule has 6 heteroatoms. The number of carbonyl (C=O) groups excluding carboxylic acids is 1. The first-order valence-electron chi connectivity index (χ1n) is 12.8. The highest BCUT2D eigenvalue weighted by Gasteiger charge is 2.29. The fraction of sp³-hybridized carbons (Fsp3) is 0.414. The Morgan fingerprint density at radius 3 is 2.83 bits per heavy atom. The van der Waals surface area contributed by atoms with E-state index >= 15 is 0 Å². The van der Waals surface area contributed by atoms with Crippen LogP contribution in [0.4, 0.5) is 5.69 Å². The van der Waals surface area contributed by atoms with Crippen molar-refractivity contribution in [2.45, 2.75) is 44.4 Å². The van der Waals surface area contributed by atoms with Crippen LogP contribution in [0.25, 0.3) is 10.8 Å². The number of piperazine rings is 1. The Bertz CT molecular complexity index is 1290. The van der Waals surface area contributed by atoms with Gasteiger partial charge in [0.2, 0.25) is 5.91 Å². The number of hydrogen-bond donors (Lipinski definition) is 2. The quantitative estimate of drug-likeness (QED) is 0.593. The lowest BCUT2D eigenvalue weighted by atomic mass is 9.93. The smallest absolute Gasteiger partial charge is 0.248 e. The number of nitrogens with two attached hydrogens (primary N) is 1. The third-order valence-electron chi connectivity index (χ3n) is 8.16. The van der Waals surface area contributed by atoms with Crippen molar-refractivity contribution in [3.8, 4) is 0 Å². The summed E-state index contributed by atoms with van der Waals surface area (Å²) in [6.07, 6.45) is 2.17. The molecular formula is C29H33N3O3. The van der Waals surface area contributed by atoms with Crippen LogP contribution in [-0.2, 0) is 17.6 Å². The number of hydrogen-bond acceptors (Lipinski definition) is 5. The molecule has 2 aliphatic heterocycles. The maximum absolute atomic E-state index is 11.6. The summed E-state index contributed by atoms with van der Waals surface area (Å²) in [7, 11) is 0. The van der Waals surface area contributed by atoms with Crippen molar-refractivity contribution in [3.05, 3.63) is 76.3 Å². The van der Waals surface area contributed by atoms with Crippen LogP contribution < -0.4 is 10.6 Å². The zero-order valence-electron chi connectivity index (χ0n) is 20.2. The van der Waals surface area contributed by atoms with Gasteiger partial charge in [0.1, 0.15) is 0 Å². The minimum absolute atomic E-state index is 0.0638. The van der Waals surface area contributed by atoms with E-state index in [0.717, 1.165) is 51.0 Å². The van der Waals surface area contributed by atoms with Gasteiger partial charge in [-0.2, -0.15) is 0 Å². The van der Waals surface area contributed by atoms with Gasteiger partial charge in [0.25, 0.3) is 0 Å². The average molecular weight is 472 g/mol. The molecule has 1 amide bonds. The highest BCUT2D eigenvalue weighted by Crippen LogP contribution is 2.41. The minimum atomic E-state index is -0.380. The standard InChI is InChI=1S/C29H33N3O3/c1-18-17-32(25-8-6-20-16-26(33)24-4-2-3-23(25)28(20)24)13-12-31(18)11-9-27-22-7-5-21(29(30)34)15-19(22)10-14-35-27/h2-8,15,18,26-27,33H,9-14,16-17H2,1H3,(H2,30,34)/t18-,26?,27+/m1/s1. The highest BCUT2D eigenvalue weighted by molar-refractivity contribution is 6.00. The van der Waals surface area contributed by atoms with E-state index in [4.69, 9.17) is 10.5 Å². The maximum atomic E-state index is 11.6. The Kier molecular flexibility index (Phi) is 5.75. The molecule has 3 aromatic rings. The molecule has 182 valence electrons. The van der Waals surface area contributed by atoms with Crippen molar-refractivity contribution in [1.29, 1.82) is 0 Å². The normalized spacial score (nSPS) is 24.1. The van der Waals surface area contributed by atoms with Gasteiger partial charge < -0.3 is 20.5 Å². The first-order chi connectivity index (χ1) is 17.0. The molecule has 1 unspecified atom stereocenters. The lowest BCUT2D eigenvalue weighted by molar-refractivity contribution is 0.0255. The maximum Gasteiger partial charge on any atom is 0.248 e. The molecule has 0 radical (unpaired) electrons. The number of aliphatic hydroxyl groups excluding tert-OH is 1. The third kappa shape index (κ3) is 3.99. The molecule has 0 aromatic heterocycles. The summed E-state index contributed by atoms with van der Waals surface area (Å²) in [5, 5.41) is 13.0. The zero-order chi connectivity index (χ0) is 24.1. The summed E-state index contributed by atoms with van der Waals surface area (Å²) < 4.78 is 6.13. The van der Waals surface area contributed by atoms with E-state index in [0.29, 0.717) is 18.2 Å². The fourth-order valence-corrected chi connectivity index (χ4v) is 6.30. The van der Waals surface area contributed by atoms with Gasteiger partial charge in [0.05, 0.1) is 18.8 Å². The van der Waals surface area contributed by atoms with Gasteiger partial charge in [-0.3, -0.25) is 9.69 Å². The van der Waals surface area contributed by atoms with E-state index in [-0.39, 0.29) is 18.1 Å². The Morgan fingerprint density at radius 2 is 2.00 bits per heavy atom. The van der Waals surface area contributed by atoms with Crippen LogP contribution in [0, 0.1) is 0 Å². The summed E-state index contributed by atoms with van der Waals surface area (Å²) in [5.74, 6) is -0.376. The molecule has 2 heterocycles. The molecule has 6 rings (SSSR count). The van der Waals surface area contributed by atoms with E-state index in [1.807, 2.05) is 18.2 Å². The molecule has 3 aliphatic rings. The molecule has 1 aliphatic carbocycles. The summed E-state index contributed by atoms with van der Waals surface area (Å²) in [4.78, 5) is 16.6. The van der Waals surface area contributed by atoms with Crippen molar-refractivity contribution in [2.75, 3.05) is 37.7 Å². The predicted octanol–water partition coefficient (Wildman–Crippen LogP) is 3.74. The van der Waals surface area contributed by atoms with E-state index in [1.165, 1.54) is 33.2 Å². The van der Waals surface area contributed by atoms with Crippen molar-refractivity contribution in [3.63, 3.8) is 0 Å². The lowest BCUT2D eigenvalue weighted by Crippen LogP contribution is -2.52. The fourth-order valence-electron chi connectivity index (χ4n) is 6.30. The third-order valence-corrected chi connectivity index (χ3v) is 8.16. The number of carbonyl (C=O) groups is 1. The average Bonchev–Trinajstić information content (AvgIpc) is 3.20. The molecule has 3 atom stereocenters. The predicted molar refractivity (Wildman–Crippen MR) is 138 cm³/mol. The van der Waals surface area contributed by atoms with Crippen LogP contribution in [0.15, 0.2) is 48.5 Å². The molecule has 0 saturated carbocycles. The van der Waals surface area contributed by atoms with Crippen LogP contribution in [0.5, 0.6) is 0 Å². The topological polar surface area (TPSA) is 79.0 Å². The Balaban J connectivity index is 1.14. The summed E-state index contributed by atoms with van der Waals surface area (Å²) >= 11 is 0. The summed E-state index contributed by atoms with van der Waals surface area (Å²) in [5.41, 5.74) is 12.0. The number of primary amides is 1. The second kappa shape index (κ2) is 8.94. The van der Waals surface area contributed by atoms with Crippen LogP contribution in [0.3, 0.4) is 0 Å². The van der Waals surface area contributed by atoms with Gasteiger partial charge in [0.15, 0.2) is 0 Å². The first-order valence-corrected chi connectivity index (χ1v) is 12.8. The van der Waals surface area contributed by atoms with Crippen molar-refractivity contribution in [1.82, 2.24) is 4.90 Å². The number of amides is 1. The van der Waals surface area contributed by atoms with Gasteiger partial charge in [-0.1, -0.05) is 30.3 Å². The van der Waals surface area contributed by atoms with E-state index in [1.54, 1.807) is 0 Å². The molecule has 35 heavy (non-hydrogen) atoms. The minimum Gasteiger partial charge on any atom is -0.388 e. The Labute approximate surface area is 206 Å². The number of ether oxygens (including phenoxy) is 1. The molecular weight excluding hydrogens is 438 g/mol. The van der Waals surface area contributed by atoms with Gasteiger partial charge in [-0.05, 0) is 65.6 Å². The van der Waals surface area contributed by atoms with Crippen molar-refractivity contribution >= 4 is 22.4 Å². The SMILES string of the molecule is C[C@@H]1CN(c2ccc3c4c(cccc24)C(O)C3)CCN1CC[C@@H]1OCCc2cc(C(N)=O)ccc21. The number of anilines is 1.